The molecule has 184 valence electrons. The van der Waals surface area contributed by atoms with E-state index >= 15 is 13.2 Å². The SMILES string of the molecule is CCSN[C@@H]1[C@H](Cc2cccc(-c3cccc(F)c3F)c2F)N(C(=O)[C@H]2CCCO2)CC1(F)F. The van der Waals surface area contributed by atoms with Gasteiger partial charge in [-0.25, -0.2) is 22.0 Å². The number of halogens is 5. The molecule has 2 heterocycles. The van der Waals surface area contributed by atoms with E-state index in [-0.39, 0.29) is 23.1 Å². The first-order valence-electron chi connectivity index (χ1n) is 11.1. The number of hydrogen-bond acceptors (Lipinski definition) is 4. The summed E-state index contributed by atoms with van der Waals surface area (Å²) in [6, 6.07) is 5.13. The Balaban J connectivity index is 1.69. The number of nitrogens with one attached hydrogen (secondary N) is 1. The number of carbonyl (C=O) groups is 1. The molecule has 34 heavy (non-hydrogen) atoms. The first kappa shape index (κ1) is 24.9. The molecule has 0 unspecified atom stereocenters. The topological polar surface area (TPSA) is 41.6 Å². The average molecular weight is 501 g/mol. The Kier molecular flexibility index (Phi) is 7.49. The van der Waals surface area contributed by atoms with E-state index in [2.05, 4.69) is 4.72 Å². The molecule has 0 aliphatic carbocycles. The Morgan fingerprint density at radius 3 is 2.53 bits per heavy atom. The number of benzene rings is 2. The molecule has 2 fully saturated rings. The van der Waals surface area contributed by atoms with Gasteiger partial charge >= 0.3 is 0 Å². The van der Waals surface area contributed by atoms with Crippen molar-refractivity contribution >= 4 is 17.9 Å². The highest BCUT2D eigenvalue weighted by Crippen LogP contribution is 2.38. The van der Waals surface area contributed by atoms with Gasteiger partial charge in [0.15, 0.2) is 11.6 Å². The molecular weight excluding hydrogens is 475 g/mol. The summed E-state index contributed by atoms with van der Waals surface area (Å²) >= 11 is 1.09. The van der Waals surface area contributed by atoms with Gasteiger partial charge in [0.2, 0.25) is 0 Å². The molecule has 4 nitrogen and oxygen atoms in total. The second-order valence-corrected chi connectivity index (χ2v) is 9.51. The van der Waals surface area contributed by atoms with Crippen molar-refractivity contribution in [2.75, 3.05) is 18.9 Å². The van der Waals surface area contributed by atoms with E-state index in [9.17, 15) is 13.6 Å². The van der Waals surface area contributed by atoms with Crippen LogP contribution in [0.4, 0.5) is 22.0 Å². The second kappa shape index (κ2) is 10.2. The first-order valence-corrected chi connectivity index (χ1v) is 12.1. The van der Waals surface area contributed by atoms with Gasteiger partial charge in [-0.1, -0.05) is 49.2 Å². The molecule has 4 rings (SSSR count). The zero-order valence-electron chi connectivity index (χ0n) is 18.5. The van der Waals surface area contributed by atoms with Crippen LogP contribution in [0.5, 0.6) is 0 Å². The number of rotatable bonds is 7. The van der Waals surface area contributed by atoms with Crippen molar-refractivity contribution in [3.8, 4) is 11.1 Å². The fraction of sp³-hybridized carbons (Fsp3) is 0.458. The Labute approximate surface area is 199 Å². The molecule has 3 atom stereocenters. The molecule has 2 aliphatic rings. The lowest BCUT2D eigenvalue weighted by atomic mass is 9.95. The molecule has 0 radical (unpaired) electrons. The fourth-order valence-electron chi connectivity index (χ4n) is 4.55. The van der Waals surface area contributed by atoms with Crippen molar-refractivity contribution in [2.24, 2.45) is 0 Å². The fourth-order valence-corrected chi connectivity index (χ4v) is 5.23. The lowest BCUT2D eigenvalue weighted by molar-refractivity contribution is -0.143. The van der Waals surface area contributed by atoms with E-state index in [1.165, 1.54) is 30.3 Å². The summed E-state index contributed by atoms with van der Waals surface area (Å²) in [5.41, 5.74) is -0.411. The van der Waals surface area contributed by atoms with Gasteiger partial charge < -0.3 is 9.64 Å². The van der Waals surface area contributed by atoms with Crippen LogP contribution in [0.1, 0.15) is 25.3 Å². The predicted octanol–water partition coefficient (Wildman–Crippen LogP) is 4.96. The molecular formula is C24H25F5N2O2S. The predicted molar refractivity (Wildman–Crippen MR) is 120 cm³/mol. The third kappa shape index (κ3) is 4.81. The summed E-state index contributed by atoms with van der Waals surface area (Å²) in [7, 11) is 0. The van der Waals surface area contributed by atoms with Gasteiger partial charge in [-0.05, 0) is 30.9 Å². The molecule has 1 amide bonds. The van der Waals surface area contributed by atoms with Crippen LogP contribution in [0.15, 0.2) is 36.4 Å². The van der Waals surface area contributed by atoms with E-state index in [1.807, 2.05) is 0 Å². The van der Waals surface area contributed by atoms with Crippen molar-refractivity contribution in [1.82, 2.24) is 9.62 Å². The summed E-state index contributed by atoms with van der Waals surface area (Å²) < 4.78 is 81.8. The summed E-state index contributed by atoms with van der Waals surface area (Å²) in [5.74, 6) is -6.42. The Morgan fingerprint density at radius 2 is 1.85 bits per heavy atom. The third-order valence-electron chi connectivity index (χ3n) is 6.21. The molecule has 0 saturated carbocycles. The number of alkyl halides is 2. The number of hydrogen-bond donors (Lipinski definition) is 1. The van der Waals surface area contributed by atoms with Crippen molar-refractivity contribution in [2.45, 2.75) is 50.3 Å². The quantitative estimate of drug-likeness (QED) is 0.431. The minimum atomic E-state index is -3.25. The third-order valence-corrected chi connectivity index (χ3v) is 6.92. The van der Waals surface area contributed by atoms with Gasteiger partial charge in [0.1, 0.15) is 18.0 Å². The minimum absolute atomic E-state index is 0.0299. The highest BCUT2D eigenvalue weighted by Gasteiger charge is 2.56. The maximum atomic E-state index is 15.5. The molecule has 10 heteroatoms. The first-order chi connectivity index (χ1) is 16.2. The van der Waals surface area contributed by atoms with Crippen LogP contribution in [0.25, 0.3) is 11.1 Å². The summed E-state index contributed by atoms with van der Waals surface area (Å²) in [4.78, 5) is 14.1. The number of likely N-dealkylation sites (tertiary alicyclic amines) is 1. The van der Waals surface area contributed by atoms with Crippen LogP contribution >= 0.6 is 11.9 Å². The van der Waals surface area contributed by atoms with Crippen LogP contribution in [0, 0.1) is 17.5 Å². The number of carbonyl (C=O) groups excluding carboxylic acids is 1. The van der Waals surface area contributed by atoms with Crippen molar-refractivity contribution in [3.63, 3.8) is 0 Å². The maximum Gasteiger partial charge on any atom is 0.283 e. The lowest BCUT2D eigenvalue weighted by Gasteiger charge is -2.30. The smallest absolute Gasteiger partial charge is 0.283 e. The van der Waals surface area contributed by atoms with E-state index in [1.54, 1.807) is 6.92 Å². The minimum Gasteiger partial charge on any atom is -0.368 e. The van der Waals surface area contributed by atoms with E-state index in [0.29, 0.717) is 25.2 Å². The van der Waals surface area contributed by atoms with Crippen LogP contribution < -0.4 is 4.72 Å². The van der Waals surface area contributed by atoms with Crippen molar-refractivity contribution < 1.29 is 31.5 Å². The highest BCUT2D eigenvalue weighted by atomic mass is 32.2. The Hall–Kier alpha value is -2.17. The number of ether oxygens (including phenoxy) is 1. The van der Waals surface area contributed by atoms with Gasteiger partial charge in [-0.2, -0.15) is 0 Å². The molecule has 0 spiro atoms. The molecule has 2 aliphatic heterocycles. The van der Waals surface area contributed by atoms with Gasteiger partial charge in [-0.15, -0.1) is 0 Å². The molecule has 2 aromatic carbocycles. The van der Waals surface area contributed by atoms with Crippen molar-refractivity contribution in [3.05, 3.63) is 59.4 Å². The molecule has 1 N–H and O–H groups in total. The van der Waals surface area contributed by atoms with Crippen LogP contribution in [-0.2, 0) is 16.0 Å². The molecule has 2 aromatic rings. The van der Waals surface area contributed by atoms with Crippen LogP contribution in [0.2, 0.25) is 0 Å². The Bertz CT molecular complexity index is 1050. The largest absolute Gasteiger partial charge is 0.368 e. The molecule has 2 saturated heterocycles. The van der Waals surface area contributed by atoms with E-state index < -0.39 is 54.0 Å². The van der Waals surface area contributed by atoms with Crippen LogP contribution in [0.3, 0.4) is 0 Å². The standard InChI is InChI=1S/C24H25F5N2O2S/c1-2-34-30-22-18(31(13-24(22,28)29)23(32)19-10-5-11-33-19)12-14-6-3-7-15(20(14)26)16-8-4-9-17(25)21(16)27/h3-4,6-9,18-19,22,30H,2,5,10-13H2,1H3/t18-,19+,22+/m0/s1. The lowest BCUT2D eigenvalue weighted by Crippen LogP contribution is -2.49. The Morgan fingerprint density at radius 1 is 1.15 bits per heavy atom. The average Bonchev–Trinajstić information content (AvgIpc) is 3.42. The van der Waals surface area contributed by atoms with Gasteiger partial charge in [0, 0.05) is 23.5 Å². The van der Waals surface area contributed by atoms with Crippen molar-refractivity contribution in [1.29, 1.82) is 0 Å². The summed E-state index contributed by atoms with van der Waals surface area (Å²) in [6.45, 7) is 1.37. The van der Waals surface area contributed by atoms with Gasteiger partial charge in [-0.3, -0.25) is 9.52 Å². The van der Waals surface area contributed by atoms with Gasteiger partial charge in [0.25, 0.3) is 11.8 Å². The highest BCUT2D eigenvalue weighted by molar-refractivity contribution is 7.97. The van der Waals surface area contributed by atoms with Crippen LogP contribution in [-0.4, -0.2) is 53.8 Å². The van der Waals surface area contributed by atoms with E-state index in [4.69, 9.17) is 4.74 Å². The number of amides is 1. The number of nitrogens with zero attached hydrogens (tertiary/aromatic N) is 1. The van der Waals surface area contributed by atoms with E-state index in [0.717, 1.165) is 22.9 Å². The normalized spacial score (nSPS) is 24.1. The summed E-state index contributed by atoms with van der Waals surface area (Å²) in [5, 5.41) is 0. The zero-order chi connectivity index (χ0) is 24.5. The summed E-state index contributed by atoms with van der Waals surface area (Å²) in [6.07, 6.45) is 0.0765. The monoisotopic (exact) mass is 500 g/mol. The zero-order valence-corrected chi connectivity index (χ0v) is 19.3. The molecule has 0 aromatic heterocycles. The van der Waals surface area contributed by atoms with Gasteiger partial charge in [0.05, 0.1) is 12.6 Å². The second-order valence-electron chi connectivity index (χ2n) is 8.41. The maximum absolute atomic E-state index is 15.5. The molecule has 0 bridgehead atoms.